The molecule has 3 aromatic rings. The predicted octanol–water partition coefficient (Wildman–Crippen LogP) is 8.44. The quantitative estimate of drug-likeness (QED) is 0.315. The Labute approximate surface area is 240 Å². The first-order valence-electron chi connectivity index (χ1n) is 14.7. The average Bonchev–Trinajstić information content (AvgIpc) is 3.36. The number of fused-ring (bicyclic) bond motifs is 2. The minimum atomic E-state index is -0.742. The monoisotopic (exact) mass is 560 g/mol. The Morgan fingerprint density at radius 1 is 0.976 bits per heavy atom. The Morgan fingerprint density at radius 3 is 2.44 bits per heavy atom. The Bertz CT molecular complexity index is 1510. The third-order valence-electron chi connectivity index (χ3n) is 10.4. The van der Waals surface area contributed by atoms with Crippen LogP contribution in [0.3, 0.4) is 0 Å². The highest BCUT2D eigenvalue weighted by molar-refractivity contribution is 5.79. The van der Waals surface area contributed by atoms with Gasteiger partial charge >= 0.3 is 5.97 Å². The standard InChI is InChI=1S/C35H38F2O4/c1-20-32(33(38)39)35(20)14-5-7-21-9-10-24(17-29(21)35)41-19-22-15-26(28-8-6-13-34(28,2)3)25(18-31(22)37)27-16-23(40-4)11-12-30(27)36/h9-12,15-18,20,28,32H,5-8,13-14,19H2,1-4H3,(H,38,39)/t20-,28-,32-,35-/m0/s1. The molecule has 4 nitrogen and oxygen atoms in total. The number of benzene rings is 3. The smallest absolute Gasteiger partial charge is 0.307 e. The van der Waals surface area contributed by atoms with Crippen molar-refractivity contribution in [1.29, 1.82) is 0 Å². The Morgan fingerprint density at radius 2 is 1.76 bits per heavy atom. The summed E-state index contributed by atoms with van der Waals surface area (Å²) in [6.45, 7) is 6.50. The number of aliphatic carboxylic acids is 1. The molecule has 1 spiro atoms. The van der Waals surface area contributed by atoms with Crippen LogP contribution in [-0.2, 0) is 23.2 Å². The molecule has 3 aliphatic rings. The van der Waals surface area contributed by atoms with Crippen LogP contribution >= 0.6 is 0 Å². The van der Waals surface area contributed by atoms with Gasteiger partial charge in [0.25, 0.3) is 0 Å². The molecule has 216 valence electrons. The zero-order valence-electron chi connectivity index (χ0n) is 24.2. The fraction of sp³-hybridized carbons (Fsp3) is 0.457. The number of methoxy groups -OCH3 is 1. The topological polar surface area (TPSA) is 55.8 Å². The van der Waals surface area contributed by atoms with Crippen molar-refractivity contribution < 1.29 is 28.2 Å². The molecule has 0 amide bonds. The molecule has 3 aromatic carbocycles. The summed E-state index contributed by atoms with van der Waals surface area (Å²) in [5, 5.41) is 9.82. The van der Waals surface area contributed by atoms with Crippen molar-refractivity contribution in [2.45, 2.75) is 77.2 Å². The number of carboxylic acid groups (broad SMARTS) is 1. The van der Waals surface area contributed by atoms with Crippen LogP contribution in [0.1, 0.15) is 81.0 Å². The van der Waals surface area contributed by atoms with Crippen LogP contribution in [0.2, 0.25) is 0 Å². The first kappa shape index (κ1) is 27.7. The maximum absolute atomic E-state index is 15.7. The number of halogens is 2. The van der Waals surface area contributed by atoms with E-state index in [9.17, 15) is 9.90 Å². The van der Waals surface area contributed by atoms with E-state index in [1.165, 1.54) is 24.8 Å². The van der Waals surface area contributed by atoms with Gasteiger partial charge in [-0.25, -0.2) is 8.78 Å². The van der Waals surface area contributed by atoms with Crippen molar-refractivity contribution in [3.63, 3.8) is 0 Å². The minimum absolute atomic E-state index is 0.00546. The summed E-state index contributed by atoms with van der Waals surface area (Å²) in [6, 6.07) is 13.8. The lowest BCUT2D eigenvalue weighted by Crippen LogP contribution is -2.22. The zero-order valence-corrected chi connectivity index (χ0v) is 24.2. The molecule has 0 bridgehead atoms. The van der Waals surface area contributed by atoms with E-state index in [1.54, 1.807) is 12.1 Å². The van der Waals surface area contributed by atoms with Crippen LogP contribution in [0.25, 0.3) is 11.1 Å². The normalized spacial score (nSPS) is 26.0. The molecule has 0 saturated heterocycles. The summed E-state index contributed by atoms with van der Waals surface area (Å²) < 4.78 is 42.4. The van der Waals surface area contributed by atoms with Crippen molar-refractivity contribution in [2.24, 2.45) is 17.3 Å². The van der Waals surface area contributed by atoms with Crippen molar-refractivity contribution in [3.05, 3.63) is 82.4 Å². The lowest BCUT2D eigenvalue weighted by atomic mass is 9.75. The van der Waals surface area contributed by atoms with E-state index < -0.39 is 17.6 Å². The average molecular weight is 561 g/mol. The van der Waals surface area contributed by atoms with E-state index in [1.807, 2.05) is 31.2 Å². The molecule has 4 atom stereocenters. The van der Waals surface area contributed by atoms with Crippen LogP contribution in [0.5, 0.6) is 11.5 Å². The molecule has 0 aliphatic heterocycles. The van der Waals surface area contributed by atoms with E-state index in [2.05, 4.69) is 13.8 Å². The number of hydrogen-bond donors (Lipinski definition) is 1. The van der Waals surface area contributed by atoms with Crippen molar-refractivity contribution >= 4 is 5.97 Å². The first-order chi connectivity index (χ1) is 19.6. The van der Waals surface area contributed by atoms with Crippen molar-refractivity contribution in [1.82, 2.24) is 0 Å². The molecule has 1 N–H and O–H groups in total. The molecule has 0 heterocycles. The third kappa shape index (κ3) is 4.60. The molecular weight excluding hydrogens is 522 g/mol. The van der Waals surface area contributed by atoms with Gasteiger partial charge in [0.1, 0.15) is 29.7 Å². The molecule has 6 heteroatoms. The van der Waals surface area contributed by atoms with Gasteiger partial charge in [-0.05, 0) is 114 Å². The highest BCUT2D eigenvalue weighted by Crippen LogP contribution is 2.65. The number of aryl methyl sites for hydroxylation is 1. The number of rotatable bonds is 7. The molecule has 0 unspecified atom stereocenters. The highest BCUT2D eigenvalue weighted by Gasteiger charge is 2.67. The highest BCUT2D eigenvalue weighted by atomic mass is 19.1. The van der Waals surface area contributed by atoms with Crippen LogP contribution in [-0.4, -0.2) is 18.2 Å². The van der Waals surface area contributed by atoms with E-state index in [-0.39, 0.29) is 35.2 Å². The molecule has 41 heavy (non-hydrogen) atoms. The van der Waals surface area contributed by atoms with E-state index in [0.29, 0.717) is 28.2 Å². The second-order valence-electron chi connectivity index (χ2n) is 12.9. The van der Waals surface area contributed by atoms with Gasteiger partial charge in [-0.15, -0.1) is 0 Å². The molecule has 2 saturated carbocycles. The Hall–Kier alpha value is -3.41. The summed E-state index contributed by atoms with van der Waals surface area (Å²) in [5.41, 5.74) is 4.15. The largest absolute Gasteiger partial charge is 0.497 e. The fourth-order valence-electron chi connectivity index (χ4n) is 8.03. The van der Waals surface area contributed by atoms with E-state index in [4.69, 9.17) is 9.47 Å². The maximum atomic E-state index is 15.7. The SMILES string of the molecule is COc1ccc(F)c(-c2cc(F)c(COc3ccc4c(c3)[C@@]3(CCC4)[C@H](C(=O)O)[C@@H]3C)cc2[C@@H]2CCCC2(C)C)c1. The number of hydrogen-bond acceptors (Lipinski definition) is 3. The number of ether oxygens (including phenoxy) is 2. The van der Waals surface area contributed by atoms with Gasteiger partial charge in [-0.1, -0.05) is 33.3 Å². The van der Waals surface area contributed by atoms with E-state index >= 15 is 8.78 Å². The number of carbonyl (C=O) groups is 1. The lowest BCUT2D eigenvalue weighted by molar-refractivity contribution is -0.139. The lowest BCUT2D eigenvalue weighted by Gasteiger charge is -2.30. The summed E-state index contributed by atoms with van der Waals surface area (Å²) >= 11 is 0. The fourth-order valence-corrected chi connectivity index (χ4v) is 8.03. The van der Waals surface area contributed by atoms with Gasteiger partial charge in [-0.3, -0.25) is 4.79 Å². The Balaban J connectivity index is 1.35. The van der Waals surface area contributed by atoms with Crippen LogP contribution in [0, 0.1) is 28.9 Å². The molecule has 3 aliphatic carbocycles. The maximum Gasteiger partial charge on any atom is 0.307 e. The second kappa shape index (κ2) is 10.1. The van der Waals surface area contributed by atoms with Crippen molar-refractivity contribution in [3.8, 4) is 22.6 Å². The van der Waals surface area contributed by atoms with Gasteiger partial charge < -0.3 is 14.6 Å². The van der Waals surface area contributed by atoms with Gasteiger partial charge in [0.2, 0.25) is 0 Å². The summed E-state index contributed by atoms with van der Waals surface area (Å²) in [7, 11) is 1.53. The van der Waals surface area contributed by atoms with Crippen LogP contribution < -0.4 is 9.47 Å². The van der Waals surface area contributed by atoms with Gasteiger partial charge in [0.15, 0.2) is 0 Å². The summed E-state index contributed by atoms with van der Waals surface area (Å²) in [5.74, 6) is -0.626. The van der Waals surface area contributed by atoms with E-state index in [0.717, 1.165) is 49.7 Å². The molecular formula is C35H38F2O4. The zero-order chi connectivity index (χ0) is 29.1. The van der Waals surface area contributed by atoms with Crippen LogP contribution in [0.4, 0.5) is 8.78 Å². The van der Waals surface area contributed by atoms with Gasteiger partial charge in [0, 0.05) is 16.5 Å². The predicted molar refractivity (Wildman–Crippen MR) is 154 cm³/mol. The molecule has 0 aromatic heterocycles. The van der Waals surface area contributed by atoms with Gasteiger partial charge in [-0.2, -0.15) is 0 Å². The Kier molecular flexibility index (Phi) is 6.87. The summed E-state index contributed by atoms with van der Waals surface area (Å²) in [6.07, 6.45) is 5.83. The molecule has 6 rings (SSSR count). The summed E-state index contributed by atoms with van der Waals surface area (Å²) in [4.78, 5) is 12.0. The molecule has 0 radical (unpaired) electrons. The minimum Gasteiger partial charge on any atom is -0.497 e. The number of carboxylic acids is 1. The second-order valence-corrected chi connectivity index (χ2v) is 12.9. The van der Waals surface area contributed by atoms with Crippen LogP contribution in [0.15, 0.2) is 48.5 Å². The first-order valence-corrected chi connectivity index (χ1v) is 14.7. The van der Waals surface area contributed by atoms with Gasteiger partial charge in [0.05, 0.1) is 13.0 Å². The molecule has 2 fully saturated rings. The third-order valence-corrected chi connectivity index (χ3v) is 10.4. The van der Waals surface area contributed by atoms with Crippen molar-refractivity contribution in [2.75, 3.05) is 7.11 Å².